The summed E-state index contributed by atoms with van der Waals surface area (Å²) in [6, 6.07) is 8.27. The molecule has 5 nitrogen and oxygen atoms in total. The number of nitrogens with zero attached hydrogens (tertiary/aromatic N) is 3. The van der Waals surface area contributed by atoms with Crippen LogP contribution in [0.4, 0.5) is 5.69 Å². The van der Waals surface area contributed by atoms with Crippen LogP contribution in [0.15, 0.2) is 35.7 Å². The van der Waals surface area contributed by atoms with Gasteiger partial charge < -0.3 is 9.88 Å². The van der Waals surface area contributed by atoms with E-state index in [1.807, 2.05) is 16.7 Å². The lowest BCUT2D eigenvalue weighted by molar-refractivity contribution is -0.113. The minimum absolute atomic E-state index is 0.0446. The lowest BCUT2D eigenvalue weighted by atomic mass is 9.87. The zero-order valence-electron chi connectivity index (χ0n) is 14.3. The summed E-state index contributed by atoms with van der Waals surface area (Å²) in [5.41, 5.74) is 2.17. The van der Waals surface area contributed by atoms with Crippen molar-refractivity contribution in [3.63, 3.8) is 0 Å². The van der Waals surface area contributed by atoms with Gasteiger partial charge in [0.15, 0.2) is 5.16 Å². The second kappa shape index (κ2) is 7.17. The van der Waals surface area contributed by atoms with Gasteiger partial charge in [-0.05, 0) is 37.0 Å². The Hall–Kier alpha value is -1.82. The van der Waals surface area contributed by atoms with Crippen molar-refractivity contribution in [3.8, 4) is 0 Å². The van der Waals surface area contributed by atoms with Crippen molar-refractivity contribution in [2.75, 3.05) is 11.1 Å². The number of aromatic nitrogens is 3. The van der Waals surface area contributed by atoms with E-state index in [0.29, 0.717) is 5.75 Å². The van der Waals surface area contributed by atoms with Gasteiger partial charge in [0.1, 0.15) is 6.33 Å². The minimum atomic E-state index is -0.0446. The third kappa shape index (κ3) is 4.82. The van der Waals surface area contributed by atoms with Gasteiger partial charge in [0.2, 0.25) is 5.91 Å². The van der Waals surface area contributed by atoms with Crippen molar-refractivity contribution in [1.82, 2.24) is 14.8 Å². The Morgan fingerprint density at radius 3 is 2.48 bits per heavy atom. The fraction of sp³-hybridized carbons (Fsp3) is 0.471. The maximum atomic E-state index is 12.1. The van der Waals surface area contributed by atoms with Gasteiger partial charge in [-0.15, -0.1) is 10.2 Å². The molecule has 0 aliphatic carbocycles. The van der Waals surface area contributed by atoms with E-state index in [1.165, 1.54) is 17.3 Å². The zero-order chi connectivity index (χ0) is 17.0. The van der Waals surface area contributed by atoms with Crippen molar-refractivity contribution in [2.45, 2.75) is 51.2 Å². The molecule has 1 amide bonds. The maximum Gasteiger partial charge on any atom is 0.234 e. The van der Waals surface area contributed by atoms with Gasteiger partial charge >= 0.3 is 0 Å². The third-order valence-corrected chi connectivity index (χ3v) is 4.42. The van der Waals surface area contributed by atoms with Gasteiger partial charge in [0, 0.05) is 11.7 Å². The molecule has 0 radical (unpaired) electrons. The molecule has 0 fully saturated rings. The van der Waals surface area contributed by atoms with Crippen LogP contribution in [-0.4, -0.2) is 26.4 Å². The van der Waals surface area contributed by atoms with Gasteiger partial charge in [0.05, 0.1) is 5.75 Å². The summed E-state index contributed by atoms with van der Waals surface area (Å²) in [6.07, 6.45) is 1.69. The van der Waals surface area contributed by atoms with Crippen LogP contribution in [0.25, 0.3) is 0 Å². The van der Waals surface area contributed by atoms with Crippen LogP contribution < -0.4 is 5.32 Å². The Bertz CT molecular complexity index is 656. The number of thioether (sulfide) groups is 1. The smallest absolute Gasteiger partial charge is 0.234 e. The quantitative estimate of drug-likeness (QED) is 0.844. The Labute approximate surface area is 141 Å². The molecule has 1 aromatic heterocycles. The summed E-state index contributed by atoms with van der Waals surface area (Å²) in [6.45, 7) is 10.6. The number of nitrogens with one attached hydrogen (secondary N) is 1. The van der Waals surface area contributed by atoms with E-state index >= 15 is 0 Å². The summed E-state index contributed by atoms with van der Waals surface area (Å²) in [5, 5.41) is 11.6. The van der Waals surface area contributed by atoms with Crippen LogP contribution in [0.3, 0.4) is 0 Å². The van der Waals surface area contributed by atoms with E-state index in [2.05, 4.69) is 62.3 Å². The lowest BCUT2D eigenvalue weighted by Crippen LogP contribution is -2.15. The van der Waals surface area contributed by atoms with Gasteiger partial charge in [-0.25, -0.2) is 0 Å². The number of hydrogen-bond donors (Lipinski definition) is 1. The molecule has 1 heterocycles. The molecule has 0 aliphatic heterocycles. The van der Waals surface area contributed by atoms with E-state index in [9.17, 15) is 4.79 Å². The number of amides is 1. The summed E-state index contributed by atoms with van der Waals surface area (Å²) >= 11 is 1.39. The summed E-state index contributed by atoms with van der Waals surface area (Å²) in [4.78, 5) is 12.1. The Morgan fingerprint density at radius 1 is 1.26 bits per heavy atom. The fourth-order valence-electron chi connectivity index (χ4n) is 2.07. The Kier molecular flexibility index (Phi) is 5.46. The summed E-state index contributed by atoms with van der Waals surface area (Å²) in [5.74, 6) is 0.267. The molecule has 6 heteroatoms. The van der Waals surface area contributed by atoms with E-state index in [-0.39, 0.29) is 17.4 Å². The zero-order valence-corrected chi connectivity index (χ0v) is 15.1. The lowest BCUT2D eigenvalue weighted by Gasteiger charge is -2.19. The van der Waals surface area contributed by atoms with E-state index in [0.717, 1.165) is 10.8 Å². The largest absolute Gasteiger partial charge is 0.325 e. The van der Waals surface area contributed by atoms with Gasteiger partial charge in [-0.1, -0.05) is 44.7 Å². The molecular formula is C17H24N4OS. The SMILES string of the molecule is CC(C)n1cnnc1SCC(=O)Nc1ccc(C(C)(C)C)cc1. The number of rotatable bonds is 5. The molecule has 1 N–H and O–H groups in total. The van der Waals surface area contributed by atoms with Crippen molar-refractivity contribution in [2.24, 2.45) is 0 Å². The molecule has 0 atom stereocenters. The van der Waals surface area contributed by atoms with E-state index in [4.69, 9.17) is 0 Å². The standard InChI is InChI=1S/C17H24N4OS/c1-12(2)21-11-18-20-16(21)23-10-15(22)19-14-8-6-13(7-9-14)17(3,4)5/h6-9,11-12H,10H2,1-5H3,(H,19,22). The molecule has 2 rings (SSSR count). The van der Waals surface area contributed by atoms with Crippen LogP contribution in [0.5, 0.6) is 0 Å². The van der Waals surface area contributed by atoms with Crippen LogP contribution in [-0.2, 0) is 10.2 Å². The molecule has 124 valence electrons. The normalized spacial score (nSPS) is 11.7. The van der Waals surface area contributed by atoms with Gasteiger partial charge in [-0.3, -0.25) is 4.79 Å². The third-order valence-electron chi connectivity index (χ3n) is 3.46. The van der Waals surface area contributed by atoms with Crippen molar-refractivity contribution in [3.05, 3.63) is 36.2 Å². The Morgan fingerprint density at radius 2 is 1.91 bits per heavy atom. The van der Waals surface area contributed by atoms with Gasteiger partial charge in [-0.2, -0.15) is 0 Å². The van der Waals surface area contributed by atoms with E-state index < -0.39 is 0 Å². The number of anilines is 1. The molecule has 1 aromatic carbocycles. The van der Waals surface area contributed by atoms with Crippen LogP contribution in [0.1, 0.15) is 46.2 Å². The molecule has 0 aliphatic rings. The number of carbonyl (C=O) groups is 1. The van der Waals surface area contributed by atoms with Crippen LogP contribution >= 0.6 is 11.8 Å². The fourth-order valence-corrected chi connectivity index (χ4v) is 2.91. The molecule has 0 spiro atoms. The minimum Gasteiger partial charge on any atom is -0.325 e. The predicted molar refractivity (Wildman–Crippen MR) is 94.9 cm³/mol. The number of benzene rings is 1. The molecule has 0 unspecified atom stereocenters. The predicted octanol–water partition coefficient (Wildman–Crippen LogP) is 3.89. The maximum absolute atomic E-state index is 12.1. The molecular weight excluding hydrogens is 308 g/mol. The second-order valence-corrected chi connectivity index (χ2v) is 7.72. The molecule has 23 heavy (non-hydrogen) atoms. The Balaban J connectivity index is 1.91. The van der Waals surface area contributed by atoms with Crippen molar-refractivity contribution in [1.29, 1.82) is 0 Å². The first-order valence-corrected chi connectivity index (χ1v) is 8.68. The van der Waals surface area contributed by atoms with Gasteiger partial charge in [0.25, 0.3) is 0 Å². The van der Waals surface area contributed by atoms with Crippen LogP contribution in [0.2, 0.25) is 0 Å². The first-order valence-electron chi connectivity index (χ1n) is 7.70. The topological polar surface area (TPSA) is 59.8 Å². The van der Waals surface area contributed by atoms with Crippen molar-refractivity contribution >= 4 is 23.4 Å². The molecule has 0 bridgehead atoms. The molecule has 0 saturated carbocycles. The summed E-state index contributed by atoms with van der Waals surface area (Å²) in [7, 11) is 0. The highest BCUT2D eigenvalue weighted by Gasteiger charge is 2.14. The number of carbonyl (C=O) groups excluding carboxylic acids is 1. The number of hydrogen-bond acceptors (Lipinski definition) is 4. The first kappa shape index (κ1) is 17.5. The molecule has 0 saturated heterocycles. The first-order chi connectivity index (χ1) is 10.8. The highest BCUT2D eigenvalue weighted by atomic mass is 32.2. The van der Waals surface area contributed by atoms with Crippen LogP contribution in [0, 0.1) is 0 Å². The highest BCUT2D eigenvalue weighted by molar-refractivity contribution is 7.99. The molecule has 2 aromatic rings. The second-order valence-electron chi connectivity index (χ2n) is 6.78. The van der Waals surface area contributed by atoms with E-state index in [1.54, 1.807) is 6.33 Å². The average Bonchev–Trinajstić information content (AvgIpc) is 2.93. The highest BCUT2D eigenvalue weighted by Crippen LogP contribution is 2.24. The average molecular weight is 332 g/mol. The summed E-state index contributed by atoms with van der Waals surface area (Å²) < 4.78 is 1.95. The van der Waals surface area contributed by atoms with Crippen molar-refractivity contribution < 1.29 is 4.79 Å². The monoisotopic (exact) mass is 332 g/mol.